The molecule has 0 aliphatic carbocycles. The van der Waals surface area contributed by atoms with Crippen molar-refractivity contribution in [1.29, 1.82) is 0 Å². The summed E-state index contributed by atoms with van der Waals surface area (Å²) < 4.78 is 4.73. The maximum atomic E-state index is 11.3. The molecule has 0 spiro atoms. The first-order chi connectivity index (χ1) is 8.69. The molecule has 1 aromatic heterocycles. The van der Waals surface area contributed by atoms with Gasteiger partial charge in [0.1, 0.15) is 6.61 Å². The standard InChI is InChI=1S/C12H13N3O2S/c1-17-6-11(16)15-12-14-10(7-18-12)8-2-4-9(13)5-3-8/h2-5,7H,6,13H2,1H3,(H,14,15,16). The number of methoxy groups -OCH3 is 1. The predicted octanol–water partition coefficient (Wildman–Crippen LogP) is 1.98. The zero-order valence-corrected chi connectivity index (χ0v) is 10.7. The highest BCUT2D eigenvalue weighted by Gasteiger charge is 2.07. The number of carbonyl (C=O) groups is 1. The second-order valence-electron chi connectivity index (χ2n) is 3.64. The number of benzene rings is 1. The molecule has 2 rings (SSSR count). The number of ether oxygens (including phenoxy) is 1. The number of thiazole rings is 1. The Morgan fingerprint density at radius 1 is 1.44 bits per heavy atom. The highest BCUT2D eigenvalue weighted by molar-refractivity contribution is 7.14. The van der Waals surface area contributed by atoms with Gasteiger partial charge in [-0.05, 0) is 12.1 Å². The van der Waals surface area contributed by atoms with E-state index < -0.39 is 0 Å². The molecule has 0 fully saturated rings. The van der Waals surface area contributed by atoms with Crippen LogP contribution in [-0.4, -0.2) is 24.6 Å². The van der Waals surface area contributed by atoms with Crippen LogP contribution in [0.1, 0.15) is 0 Å². The summed E-state index contributed by atoms with van der Waals surface area (Å²) in [5.74, 6) is -0.212. The fourth-order valence-electron chi connectivity index (χ4n) is 1.40. The first-order valence-electron chi connectivity index (χ1n) is 5.29. The van der Waals surface area contributed by atoms with Crippen LogP contribution in [0.25, 0.3) is 11.3 Å². The molecule has 2 aromatic rings. The minimum absolute atomic E-state index is 0.0246. The van der Waals surface area contributed by atoms with E-state index in [0.717, 1.165) is 11.3 Å². The molecule has 1 amide bonds. The highest BCUT2D eigenvalue weighted by Crippen LogP contribution is 2.25. The number of hydrogen-bond donors (Lipinski definition) is 2. The van der Waals surface area contributed by atoms with Crippen LogP contribution in [0.4, 0.5) is 10.8 Å². The molecular formula is C12H13N3O2S. The largest absolute Gasteiger partial charge is 0.399 e. The Hall–Kier alpha value is -1.92. The van der Waals surface area contributed by atoms with Crippen LogP contribution >= 0.6 is 11.3 Å². The lowest BCUT2D eigenvalue weighted by Gasteiger charge is -1.99. The van der Waals surface area contributed by atoms with E-state index in [-0.39, 0.29) is 12.5 Å². The lowest BCUT2D eigenvalue weighted by atomic mass is 10.1. The van der Waals surface area contributed by atoms with Gasteiger partial charge >= 0.3 is 0 Å². The molecule has 0 saturated heterocycles. The van der Waals surface area contributed by atoms with Gasteiger partial charge in [-0.25, -0.2) is 4.98 Å². The zero-order valence-electron chi connectivity index (χ0n) is 9.84. The van der Waals surface area contributed by atoms with E-state index in [4.69, 9.17) is 10.5 Å². The number of carbonyl (C=O) groups excluding carboxylic acids is 1. The average molecular weight is 263 g/mol. The molecule has 0 atom stereocenters. The molecule has 0 aliphatic heterocycles. The number of amides is 1. The second kappa shape index (κ2) is 5.61. The van der Waals surface area contributed by atoms with Gasteiger partial charge < -0.3 is 10.5 Å². The van der Waals surface area contributed by atoms with Gasteiger partial charge in [0.2, 0.25) is 0 Å². The third kappa shape index (κ3) is 3.06. The predicted molar refractivity (Wildman–Crippen MR) is 72.5 cm³/mol. The number of rotatable bonds is 4. The Kier molecular flexibility index (Phi) is 3.91. The molecule has 18 heavy (non-hydrogen) atoms. The van der Waals surface area contributed by atoms with Crippen LogP contribution in [-0.2, 0) is 9.53 Å². The summed E-state index contributed by atoms with van der Waals surface area (Å²) in [6.45, 7) is 0.0246. The summed E-state index contributed by atoms with van der Waals surface area (Å²) >= 11 is 1.37. The molecule has 5 nitrogen and oxygen atoms in total. The Labute approximate surface area is 109 Å². The molecule has 0 saturated carbocycles. The Balaban J connectivity index is 2.10. The van der Waals surface area contributed by atoms with Crippen LogP contribution < -0.4 is 11.1 Å². The van der Waals surface area contributed by atoms with E-state index in [1.54, 1.807) is 0 Å². The summed E-state index contributed by atoms with van der Waals surface area (Å²) in [5.41, 5.74) is 8.11. The molecular weight excluding hydrogens is 250 g/mol. The number of nitrogens with two attached hydrogens (primary N) is 1. The number of nitrogens with zero attached hydrogens (tertiary/aromatic N) is 1. The van der Waals surface area contributed by atoms with Crippen LogP contribution in [0.2, 0.25) is 0 Å². The number of nitrogens with one attached hydrogen (secondary N) is 1. The lowest BCUT2D eigenvalue weighted by molar-refractivity contribution is -0.119. The highest BCUT2D eigenvalue weighted by atomic mass is 32.1. The minimum Gasteiger partial charge on any atom is -0.399 e. The third-order valence-electron chi connectivity index (χ3n) is 2.23. The zero-order chi connectivity index (χ0) is 13.0. The van der Waals surface area contributed by atoms with E-state index in [1.807, 2.05) is 29.6 Å². The molecule has 0 unspecified atom stereocenters. The van der Waals surface area contributed by atoms with E-state index in [1.165, 1.54) is 18.4 Å². The molecule has 1 heterocycles. The Bertz CT molecular complexity index is 537. The summed E-state index contributed by atoms with van der Waals surface area (Å²) in [6, 6.07) is 7.42. The van der Waals surface area contributed by atoms with E-state index in [0.29, 0.717) is 10.8 Å². The van der Waals surface area contributed by atoms with Gasteiger partial charge in [0.05, 0.1) is 5.69 Å². The fraction of sp³-hybridized carbons (Fsp3) is 0.167. The number of aromatic nitrogens is 1. The maximum absolute atomic E-state index is 11.3. The Morgan fingerprint density at radius 3 is 2.83 bits per heavy atom. The molecule has 3 N–H and O–H groups in total. The lowest BCUT2D eigenvalue weighted by Crippen LogP contribution is -2.16. The van der Waals surface area contributed by atoms with Gasteiger partial charge in [0, 0.05) is 23.7 Å². The van der Waals surface area contributed by atoms with Gasteiger partial charge in [-0.15, -0.1) is 11.3 Å². The van der Waals surface area contributed by atoms with Gasteiger partial charge in [0.25, 0.3) is 5.91 Å². The van der Waals surface area contributed by atoms with Crippen molar-refractivity contribution in [2.24, 2.45) is 0 Å². The molecule has 0 radical (unpaired) electrons. The summed E-state index contributed by atoms with van der Waals surface area (Å²) in [5, 5.41) is 5.11. The monoisotopic (exact) mass is 263 g/mol. The number of anilines is 2. The third-order valence-corrected chi connectivity index (χ3v) is 2.99. The molecule has 0 bridgehead atoms. The van der Waals surface area contributed by atoms with Gasteiger partial charge in [-0.2, -0.15) is 0 Å². The van der Waals surface area contributed by atoms with E-state index in [2.05, 4.69) is 10.3 Å². The first-order valence-corrected chi connectivity index (χ1v) is 6.17. The van der Waals surface area contributed by atoms with Crippen molar-refractivity contribution in [1.82, 2.24) is 4.98 Å². The van der Waals surface area contributed by atoms with E-state index >= 15 is 0 Å². The van der Waals surface area contributed by atoms with E-state index in [9.17, 15) is 4.79 Å². The second-order valence-corrected chi connectivity index (χ2v) is 4.50. The molecule has 0 aliphatic rings. The Morgan fingerprint density at radius 2 is 2.17 bits per heavy atom. The van der Waals surface area contributed by atoms with Crippen LogP contribution in [0.3, 0.4) is 0 Å². The maximum Gasteiger partial charge on any atom is 0.252 e. The summed E-state index contributed by atoms with van der Waals surface area (Å²) in [4.78, 5) is 15.6. The minimum atomic E-state index is -0.212. The van der Waals surface area contributed by atoms with Gasteiger partial charge in [-0.3, -0.25) is 10.1 Å². The van der Waals surface area contributed by atoms with Crippen LogP contribution in [0.15, 0.2) is 29.6 Å². The van der Waals surface area contributed by atoms with Crippen LogP contribution in [0, 0.1) is 0 Å². The smallest absolute Gasteiger partial charge is 0.252 e. The number of nitrogen functional groups attached to an aromatic ring is 1. The van der Waals surface area contributed by atoms with Crippen molar-refractivity contribution in [2.45, 2.75) is 0 Å². The van der Waals surface area contributed by atoms with Gasteiger partial charge in [0.15, 0.2) is 5.13 Å². The topological polar surface area (TPSA) is 77.2 Å². The quantitative estimate of drug-likeness (QED) is 0.827. The van der Waals surface area contributed by atoms with Crippen molar-refractivity contribution < 1.29 is 9.53 Å². The van der Waals surface area contributed by atoms with Crippen molar-refractivity contribution in [2.75, 3.05) is 24.8 Å². The molecule has 94 valence electrons. The summed E-state index contributed by atoms with van der Waals surface area (Å²) in [7, 11) is 1.47. The van der Waals surface area contributed by atoms with Crippen molar-refractivity contribution in [3.05, 3.63) is 29.6 Å². The number of hydrogen-bond acceptors (Lipinski definition) is 5. The van der Waals surface area contributed by atoms with Crippen molar-refractivity contribution >= 4 is 28.1 Å². The first kappa shape index (κ1) is 12.5. The molecule has 1 aromatic carbocycles. The van der Waals surface area contributed by atoms with Crippen molar-refractivity contribution in [3.63, 3.8) is 0 Å². The molecule has 6 heteroatoms. The summed E-state index contributed by atoms with van der Waals surface area (Å²) in [6.07, 6.45) is 0. The fourth-order valence-corrected chi connectivity index (χ4v) is 2.14. The SMILES string of the molecule is COCC(=O)Nc1nc(-c2ccc(N)cc2)cs1. The van der Waals surface area contributed by atoms with Crippen LogP contribution in [0.5, 0.6) is 0 Å². The van der Waals surface area contributed by atoms with Crippen molar-refractivity contribution in [3.8, 4) is 11.3 Å². The average Bonchev–Trinajstić information content (AvgIpc) is 2.78. The van der Waals surface area contributed by atoms with Gasteiger partial charge in [-0.1, -0.05) is 12.1 Å². The normalized spacial score (nSPS) is 10.3.